The van der Waals surface area contributed by atoms with E-state index >= 15 is 0 Å². The van der Waals surface area contributed by atoms with Gasteiger partial charge < -0.3 is 15.3 Å². The number of hydrogen-bond donors (Lipinski definition) is 2. The lowest BCUT2D eigenvalue weighted by atomic mass is 9.87. The molecule has 0 aromatic carbocycles. The summed E-state index contributed by atoms with van der Waals surface area (Å²) in [5.74, 6) is -1.17. The van der Waals surface area contributed by atoms with Crippen molar-refractivity contribution >= 4 is 12.0 Å². The van der Waals surface area contributed by atoms with Crippen LogP contribution < -0.4 is 5.32 Å². The quantitative estimate of drug-likeness (QED) is 0.873. The molecule has 6 heteroatoms. The molecule has 2 N–H and O–H groups in total. The van der Waals surface area contributed by atoms with Gasteiger partial charge in [0.1, 0.15) is 0 Å². The molecule has 2 atom stereocenters. The zero-order valence-electron chi connectivity index (χ0n) is 11.6. The second-order valence-corrected chi connectivity index (χ2v) is 5.25. The zero-order chi connectivity index (χ0) is 14.7. The van der Waals surface area contributed by atoms with E-state index in [2.05, 4.69) is 10.3 Å². The van der Waals surface area contributed by atoms with E-state index in [1.165, 1.54) is 0 Å². The number of rotatable bonds is 4. The Morgan fingerprint density at radius 1 is 1.45 bits per heavy atom. The highest BCUT2D eigenvalue weighted by atomic mass is 16.4. The number of aromatic nitrogens is 1. The molecule has 108 valence electrons. The third-order valence-electron chi connectivity index (χ3n) is 3.82. The molecule has 0 spiro atoms. The Bertz CT molecular complexity index is 486. The SMILES string of the molecule is CC(NC(=O)N1CC(C(C)C(=O)O)C1)c1cccnc1. The number of aliphatic carboxylic acids is 1. The van der Waals surface area contributed by atoms with Crippen molar-refractivity contribution in [2.75, 3.05) is 13.1 Å². The van der Waals surface area contributed by atoms with Crippen molar-refractivity contribution in [1.29, 1.82) is 0 Å². The molecule has 20 heavy (non-hydrogen) atoms. The largest absolute Gasteiger partial charge is 0.481 e. The van der Waals surface area contributed by atoms with Crippen molar-refractivity contribution in [3.8, 4) is 0 Å². The molecule has 1 aliphatic rings. The lowest BCUT2D eigenvalue weighted by molar-refractivity contribution is -0.144. The zero-order valence-corrected chi connectivity index (χ0v) is 11.6. The lowest BCUT2D eigenvalue weighted by Crippen LogP contribution is -2.56. The van der Waals surface area contributed by atoms with E-state index in [0.717, 1.165) is 5.56 Å². The second kappa shape index (κ2) is 5.90. The highest BCUT2D eigenvalue weighted by molar-refractivity contribution is 5.76. The van der Waals surface area contributed by atoms with Gasteiger partial charge in [-0.3, -0.25) is 9.78 Å². The number of likely N-dealkylation sites (tertiary alicyclic amines) is 1. The van der Waals surface area contributed by atoms with Crippen molar-refractivity contribution in [2.24, 2.45) is 11.8 Å². The summed E-state index contributed by atoms with van der Waals surface area (Å²) in [6.45, 7) is 4.57. The number of pyridine rings is 1. The van der Waals surface area contributed by atoms with Gasteiger partial charge in [-0.25, -0.2) is 4.79 Å². The van der Waals surface area contributed by atoms with Crippen molar-refractivity contribution < 1.29 is 14.7 Å². The first kappa shape index (κ1) is 14.3. The summed E-state index contributed by atoms with van der Waals surface area (Å²) in [4.78, 5) is 28.5. The molecular weight excluding hydrogens is 258 g/mol. The van der Waals surface area contributed by atoms with Crippen LogP contribution in [0.3, 0.4) is 0 Å². The highest BCUT2D eigenvalue weighted by Gasteiger charge is 2.37. The first-order valence-corrected chi connectivity index (χ1v) is 6.67. The molecule has 0 bridgehead atoms. The van der Waals surface area contributed by atoms with Gasteiger partial charge >= 0.3 is 12.0 Å². The van der Waals surface area contributed by atoms with Gasteiger partial charge in [-0.1, -0.05) is 13.0 Å². The van der Waals surface area contributed by atoms with Gasteiger partial charge in [-0.15, -0.1) is 0 Å². The maximum absolute atomic E-state index is 12.0. The number of hydrogen-bond acceptors (Lipinski definition) is 3. The average molecular weight is 277 g/mol. The van der Waals surface area contributed by atoms with Crippen molar-refractivity contribution in [2.45, 2.75) is 19.9 Å². The van der Waals surface area contributed by atoms with Crippen molar-refractivity contribution in [1.82, 2.24) is 15.2 Å². The molecule has 1 saturated heterocycles. The van der Waals surface area contributed by atoms with Gasteiger partial charge in [0.2, 0.25) is 0 Å². The predicted octanol–water partition coefficient (Wildman–Crippen LogP) is 1.50. The van der Waals surface area contributed by atoms with Crippen LogP contribution in [0.4, 0.5) is 4.79 Å². The van der Waals surface area contributed by atoms with Crippen LogP contribution in [0.2, 0.25) is 0 Å². The highest BCUT2D eigenvalue weighted by Crippen LogP contribution is 2.24. The van der Waals surface area contributed by atoms with E-state index in [1.54, 1.807) is 24.2 Å². The monoisotopic (exact) mass is 277 g/mol. The van der Waals surface area contributed by atoms with E-state index in [0.29, 0.717) is 13.1 Å². The minimum Gasteiger partial charge on any atom is -0.481 e. The molecule has 2 heterocycles. The number of nitrogens with zero attached hydrogens (tertiary/aromatic N) is 2. The number of nitrogens with one attached hydrogen (secondary N) is 1. The fourth-order valence-corrected chi connectivity index (χ4v) is 2.19. The molecule has 1 aliphatic heterocycles. The number of carboxylic acid groups (broad SMARTS) is 1. The molecule has 2 unspecified atom stereocenters. The fraction of sp³-hybridized carbons (Fsp3) is 0.500. The van der Waals surface area contributed by atoms with Gasteiger partial charge in [0.25, 0.3) is 0 Å². The van der Waals surface area contributed by atoms with Crippen LogP contribution in [0, 0.1) is 11.8 Å². The normalized spacial score (nSPS) is 18.0. The van der Waals surface area contributed by atoms with Crippen LogP contribution in [-0.4, -0.2) is 40.1 Å². The molecule has 1 aromatic rings. The third-order valence-corrected chi connectivity index (χ3v) is 3.82. The predicted molar refractivity (Wildman–Crippen MR) is 73.0 cm³/mol. The van der Waals surface area contributed by atoms with Gasteiger partial charge in [0.05, 0.1) is 12.0 Å². The summed E-state index contributed by atoms with van der Waals surface area (Å²) in [5, 5.41) is 11.8. The van der Waals surface area contributed by atoms with Crippen molar-refractivity contribution in [3.05, 3.63) is 30.1 Å². The van der Waals surface area contributed by atoms with Crippen LogP contribution in [0.15, 0.2) is 24.5 Å². The molecule has 2 amide bonds. The maximum atomic E-state index is 12.0. The second-order valence-electron chi connectivity index (χ2n) is 5.25. The van der Waals surface area contributed by atoms with Crippen LogP contribution in [0.25, 0.3) is 0 Å². The minimum atomic E-state index is -0.807. The Hall–Kier alpha value is -2.11. The van der Waals surface area contributed by atoms with E-state index in [1.807, 2.05) is 19.1 Å². The minimum absolute atomic E-state index is 0.0481. The Labute approximate surface area is 117 Å². The average Bonchev–Trinajstić information content (AvgIpc) is 2.37. The van der Waals surface area contributed by atoms with Crippen LogP contribution in [0.5, 0.6) is 0 Å². The standard InChI is InChI=1S/C14H19N3O3/c1-9(13(18)19)12-7-17(8-12)14(20)16-10(2)11-4-3-5-15-6-11/h3-6,9-10,12H,7-8H2,1-2H3,(H,16,20)(H,18,19). The Morgan fingerprint density at radius 2 is 2.15 bits per heavy atom. The molecule has 0 saturated carbocycles. The molecule has 1 fully saturated rings. The summed E-state index contributed by atoms with van der Waals surface area (Å²) >= 11 is 0. The molecule has 2 rings (SSSR count). The number of carboxylic acids is 1. The number of amides is 2. The summed E-state index contributed by atoms with van der Waals surface area (Å²) in [6, 6.07) is 3.46. The van der Waals surface area contributed by atoms with Gasteiger partial charge in [0, 0.05) is 31.4 Å². The summed E-state index contributed by atoms with van der Waals surface area (Å²) in [5.41, 5.74) is 0.942. The molecule has 0 aliphatic carbocycles. The maximum Gasteiger partial charge on any atom is 0.317 e. The van der Waals surface area contributed by atoms with Gasteiger partial charge in [-0.2, -0.15) is 0 Å². The fourth-order valence-electron chi connectivity index (χ4n) is 2.19. The first-order chi connectivity index (χ1) is 9.49. The van der Waals surface area contributed by atoms with E-state index in [9.17, 15) is 9.59 Å². The van der Waals surface area contributed by atoms with E-state index < -0.39 is 11.9 Å². The third kappa shape index (κ3) is 3.07. The Morgan fingerprint density at radius 3 is 2.70 bits per heavy atom. The van der Waals surface area contributed by atoms with E-state index in [4.69, 9.17) is 5.11 Å². The molecular formula is C14H19N3O3. The number of carbonyl (C=O) groups is 2. The van der Waals surface area contributed by atoms with Gasteiger partial charge in [-0.05, 0) is 18.6 Å². The van der Waals surface area contributed by atoms with Crippen LogP contribution >= 0.6 is 0 Å². The molecule has 6 nitrogen and oxygen atoms in total. The lowest BCUT2D eigenvalue weighted by Gasteiger charge is -2.41. The molecule has 1 aromatic heterocycles. The van der Waals surface area contributed by atoms with Gasteiger partial charge in [0.15, 0.2) is 0 Å². The summed E-state index contributed by atoms with van der Waals surface area (Å²) < 4.78 is 0. The van der Waals surface area contributed by atoms with Crippen LogP contribution in [-0.2, 0) is 4.79 Å². The smallest absolute Gasteiger partial charge is 0.317 e. The first-order valence-electron chi connectivity index (χ1n) is 6.67. The Balaban J connectivity index is 1.81. The molecule has 0 radical (unpaired) electrons. The number of urea groups is 1. The van der Waals surface area contributed by atoms with Crippen LogP contribution in [0.1, 0.15) is 25.5 Å². The summed E-state index contributed by atoms with van der Waals surface area (Å²) in [7, 11) is 0. The number of carbonyl (C=O) groups excluding carboxylic acids is 1. The topological polar surface area (TPSA) is 82.5 Å². The Kier molecular flexibility index (Phi) is 4.22. The van der Waals surface area contributed by atoms with Crippen molar-refractivity contribution in [3.63, 3.8) is 0 Å². The summed E-state index contributed by atoms with van der Waals surface area (Å²) in [6.07, 6.45) is 3.40. The van der Waals surface area contributed by atoms with E-state index in [-0.39, 0.29) is 18.0 Å².